The monoisotopic (exact) mass is 256 g/mol. The summed E-state index contributed by atoms with van der Waals surface area (Å²) in [5.41, 5.74) is 2.32. The molecule has 1 saturated carbocycles. The molecule has 1 aromatic heterocycles. The summed E-state index contributed by atoms with van der Waals surface area (Å²) in [6.07, 6.45) is 6.71. The molecule has 19 heavy (non-hydrogen) atoms. The molecule has 1 heterocycles. The van der Waals surface area contributed by atoms with Crippen LogP contribution in [0.3, 0.4) is 0 Å². The lowest BCUT2D eigenvalue weighted by atomic mass is 10.0. The first-order chi connectivity index (χ1) is 9.29. The van der Waals surface area contributed by atoms with E-state index in [-0.39, 0.29) is 0 Å². The minimum atomic E-state index is -0.630. The molecule has 0 aliphatic heterocycles. The highest BCUT2D eigenvalue weighted by Crippen LogP contribution is 2.40. The van der Waals surface area contributed by atoms with Crippen LogP contribution in [0.5, 0.6) is 0 Å². The quantitative estimate of drug-likeness (QED) is 0.891. The van der Waals surface area contributed by atoms with Gasteiger partial charge in [0.05, 0.1) is 0 Å². The van der Waals surface area contributed by atoms with Crippen molar-refractivity contribution in [2.75, 3.05) is 0 Å². The summed E-state index contributed by atoms with van der Waals surface area (Å²) in [4.78, 5) is 4.29. The third-order valence-corrected chi connectivity index (χ3v) is 3.76. The Morgan fingerprint density at radius 3 is 2.68 bits per heavy atom. The molecule has 0 bridgehead atoms. The highest BCUT2D eigenvalue weighted by molar-refractivity contribution is 5.31. The second-order valence-electron chi connectivity index (χ2n) is 5.32. The standard InChI is InChI=1S/C16H20N2O/c1-2-10-18-11-9-17-16(18)15(19)14-7-5-13(6-8-14)12-3-4-12/h5-9,11-12,15,19H,2-4,10H2,1H3. The van der Waals surface area contributed by atoms with Gasteiger partial charge in [0.15, 0.2) is 0 Å². The van der Waals surface area contributed by atoms with Gasteiger partial charge in [-0.1, -0.05) is 31.2 Å². The van der Waals surface area contributed by atoms with Crippen LogP contribution in [0, 0.1) is 0 Å². The summed E-state index contributed by atoms with van der Waals surface area (Å²) in [5.74, 6) is 1.49. The average molecular weight is 256 g/mol. The summed E-state index contributed by atoms with van der Waals surface area (Å²) in [5, 5.41) is 10.4. The van der Waals surface area contributed by atoms with Gasteiger partial charge in [0.1, 0.15) is 11.9 Å². The van der Waals surface area contributed by atoms with Crippen LogP contribution in [-0.4, -0.2) is 14.7 Å². The number of nitrogens with zero attached hydrogens (tertiary/aromatic N) is 2. The highest BCUT2D eigenvalue weighted by atomic mass is 16.3. The van der Waals surface area contributed by atoms with Gasteiger partial charge in [-0.25, -0.2) is 4.98 Å². The van der Waals surface area contributed by atoms with Crippen LogP contribution in [-0.2, 0) is 6.54 Å². The molecule has 3 nitrogen and oxygen atoms in total. The van der Waals surface area contributed by atoms with Crippen LogP contribution in [0.4, 0.5) is 0 Å². The molecule has 1 aliphatic rings. The molecule has 100 valence electrons. The predicted molar refractivity (Wildman–Crippen MR) is 75.0 cm³/mol. The third kappa shape index (κ3) is 2.56. The third-order valence-electron chi connectivity index (χ3n) is 3.76. The number of aryl methyl sites for hydroxylation is 1. The maximum atomic E-state index is 10.4. The first-order valence-electron chi connectivity index (χ1n) is 7.08. The van der Waals surface area contributed by atoms with Gasteiger partial charge in [-0.05, 0) is 36.3 Å². The molecule has 1 atom stereocenters. The van der Waals surface area contributed by atoms with Crippen LogP contribution < -0.4 is 0 Å². The van der Waals surface area contributed by atoms with Crippen LogP contribution in [0.15, 0.2) is 36.7 Å². The van der Waals surface area contributed by atoms with Gasteiger partial charge in [0, 0.05) is 18.9 Å². The predicted octanol–water partition coefficient (Wildman–Crippen LogP) is 3.25. The van der Waals surface area contributed by atoms with Crippen molar-refractivity contribution in [3.8, 4) is 0 Å². The molecule has 0 saturated heterocycles. The lowest BCUT2D eigenvalue weighted by molar-refractivity contribution is 0.204. The minimum Gasteiger partial charge on any atom is -0.380 e. The van der Waals surface area contributed by atoms with Crippen molar-refractivity contribution >= 4 is 0 Å². The Bertz CT molecular complexity index is 540. The molecule has 1 aromatic carbocycles. The molecular formula is C16H20N2O. The van der Waals surface area contributed by atoms with Crippen molar-refractivity contribution in [2.45, 2.75) is 44.8 Å². The molecule has 1 N–H and O–H groups in total. The number of hydrogen-bond donors (Lipinski definition) is 1. The Morgan fingerprint density at radius 1 is 1.32 bits per heavy atom. The normalized spacial score (nSPS) is 16.5. The zero-order chi connectivity index (χ0) is 13.2. The molecule has 1 fully saturated rings. The summed E-state index contributed by atoms with van der Waals surface area (Å²) in [7, 11) is 0. The van der Waals surface area contributed by atoms with Crippen molar-refractivity contribution in [2.24, 2.45) is 0 Å². The van der Waals surface area contributed by atoms with E-state index in [9.17, 15) is 5.11 Å². The van der Waals surface area contributed by atoms with Gasteiger partial charge >= 0.3 is 0 Å². The van der Waals surface area contributed by atoms with Crippen molar-refractivity contribution in [1.82, 2.24) is 9.55 Å². The molecule has 1 unspecified atom stereocenters. The van der Waals surface area contributed by atoms with E-state index in [2.05, 4.69) is 24.0 Å². The number of imidazole rings is 1. The van der Waals surface area contributed by atoms with E-state index in [0.29, 0.717) is 0 Å². The van der Waals surface area contributed by atoms with Crippen LogP contribution in [0.2, 0.25) is 0 Å². The number of rotatable bonds is 5. The Balaban J connectivity index is 1.81. The Hall–Kier alpha value is -1.61. The number of benzene rings is 1. The minimum absolute atomic E-state index is 0.630. The summed E-state index contributed by atoms with van der Waals surface area (Å²) in [6.45, 7) is 3.02. The van der Waals surface area contributed by atoms with Gasteiger partial charge in [-0.2, -0.15) is 0 Å². The first kappa shape index (κ1) is 12.4. The van der Waals surface area contributed by atoms with Gasteiger partial charge in [-0.3, -0.25) is 0 Å². The van der Waals surface area contributed by atoms with Gasteiger partial charge in [0.2, 0.25) is 0 Å². The Labute approximate surface area is 113 Å². The topological polar surface area (TPSA) is 38.0 Å². The molecule has 0 amide bonds. The molecule has 3 heteroatoms. The summed E-state index contributed by atoms with van der Waals surface area (Å²) >= 11 is 0. The fourth-order valence-electron chi connectivity index (χ4n) is 2.51. The van der Waals surface area contributed by atoms with E-state index >= 15 is 0 Å². The largest absolute Gasteiger partial charge is 0.380 e. The van der Waals surface area contributed by atoms with Crippen LogP contribution in [0.1, 0.15) is 55.2 Å². The van der Waals surface area contributed by atoms with Crippen LogP contribution >= 0.6 is 0 Å². The molecule has 2 aromatic rings. The SMILES string of the molecule is CCCn1ccnc1C(O)c1ccc(C2CC2)cc1. The zero-order valence-electron chi connectivity index (χ0n) is 11.3. The lowest BCUT2D eigenvalue weighted by Gasteiger charge is -2.13. The van der Waals surface area contributed by atoms with Gasteiger partial charge in [0.25, 0.3) is 0 Å². The van der Waals surface area contributed by atoms with Crippen molar-refractivity contribution < 1.29 is 5.11 Å². The van der Waals surface area contributed by atoms with E-state index < -0.39 is 6.10 Å². The Kier molecular flexibility index (Phi) is 3.38. The van der Waals surface area contributed by atoms with E-state index in [1.54, 1.807) is 6.20 Å². The first-order valence-corrected chi connectivity index (χ1v) is 7.08. The molecule has 3 rings (SSSR count). The number of hydrogen-bond acceptors (Lipinski definition) is 2. The van der Waals surface area contributed by atoms with Gasteiger partial charge < -0.3 is 9.67 Å². The van der Waals surface area contributed by atoms with Gasteiger partial charge in [-0.15, -0.1) is 0 Å². The summed E-state index contributed by atoms with van der Waals surface area (Å²) < 4.78 is 2.03. The van der Waals surface area contributed by atoms with Crippen molar-refractivity contribution in [3.63, 3.8) is 0 Å². The maximum Gasteiger partial charge on any atom is 0.142 e. The van der Waals surface area contributed by atoms with Crippen molar-refractivity contribution in [3.05, 3.63) is 53.6 Å². The van der Waals surface area contributed by atoms with E-state index in [4.69, 9.17) is 0 Å². The number of aliphatic hydroxyl groups is 1. The highest BCUT2D eigenvalue weighted by Gasteiger charge is 2.23. The number of aromatic nitrogens is 2. The lowest BCUT2D eigenvalue weighted by Crippen LogP contribution is -2.09. The fraction of sp³-hybridized carbons (Fsp3) is 0.438. The van der Waals surface area contributed by atoms with Crippen molar-refractivity contribution in [1.29, 1.82) is 0 Å². The summed E-state index contributed by atoms with van der Waals surface area (Å²) in [6, 6.07) is 8.35. The average Bonchev–Trinajstić information content (AvgIpc) is 3.19. The zero-order valence-corrected chi connectivity index (χ0v) is 11.3. The van der Waals surface area contributed by atoms with E-state index in [0.717, 1.165) is 30.3 Å². The van der Waals surface area contributed by atoms with E-state index in [1.807, 2.05) is 22.9 Å². The molecule has 1 aliphatic carbocycles. The second kappa shape index (κ2) is 5.17. The fourth-order valence-corrected chi connectivity index (χ4v) is 2.51. The molecule has 0 radical (unpaired) electrons. The molecule has 0 spiro atoms. The Morgan fingerprint density at radius 2 is 2.05 bits per heavy atom. The molecular weight excluding hydrogens is 236 g/mol. The van der Waals surface area contributed by atoms with E-state index in [1.165, 1.54) is 18.4 Å². The smallest absolute Gasteiger partial charge is 0.142 e. The second-order valence-corrected chi connectivity index (χ2v) is 5.32. The maximum absolute atomic E-state index is 10.4. The van der Waals surface area contributed by atoms with Crippen LogP contribution in [0.25, 0.3) is 0 Å². The number of aliphatic hydroxyl groups excluding tert-OH is 1.